The highest BCUT2D eigenvalue weighted by Gasteiger charge is 2.20. The highest BCUT2D eigenvalue weighted by Crippen LogP contribution is 2.16. The number of carbonyl (C=O) groups excluding carboxylic acids is 3. The van der Waals surface area contributed by atoms with Crippen molar-refractivity contribution in [2.45, 2.75) is 6.61 Å². The lowest BCUT2D eigenvalue weighted by molar-refractivity contribution is -0.123. The number of para-hydroxylation sites is 1. The van der Waals surface area contributed by atoms with E-state index in [0.29, 0.717) is 17.0 Å². The van der Waals surface area contributed by atoms with E-state index in [1.165, 1.54) is 6.26 Å². The lowest BCUT2D eigenvalue weighted by Gasteiger charge is -2.07. The van der Waals surface area contributed by atoms with Crippen LogP contribution in [0.5, 0.6) is 5.75 Å². The Morgan fingerprint density at radius 1 is 1.07 bits per heavy atom. The molecule has 0 atom stereocenters. The summed E-state index contributed by atoms with van der Waals surface area (Å²) >= 11 is 0. The summed E-state index contributed by atoms with van der Waals surface area (Å²) in [5.74, 6) is -1.56. The Kier molecular flexibility index (Phi) is 5.91. The van der Waals surface area contributed by atoms with E-state index in [-0.39, 0.29) is 12.4 Å². The molecule has 1 N–H and O–H groups in total. The quantitative estimate of drug-likeness (QED) is 0.630. The predicted octanol–water partition coefficient (Wildman–Crippen LogP) is 2.31. The zero-order valence-electron chi connectivity index (χ0n) is 15.1. The van der Waals surface area contributed by atoms with Crippen molar-refractivity contribution in [3.05, 3.63) is 78.0 Å². The Labute approximate surface area is 160 Å². The largest absolute Gasteiger partial charge is 0.489 e. The highest BCUT2D eigenvalue weighted by atomic mass is 16.5. The van der Waals surface area contributed by atoms with Gasteiger partial charge in [0.2, 0.25) is 5.76 Å². The maximum absolute atomic E-state index is 12.2. The van der Waals surface area contributed by atoms with Crippen molar-refractivity contribution in [2.24, 2.45) is 7.05 Å². The Bertz CT molecular complexity index is 974. The first-order valence-corrected chi connectivity index (χ1v) is 8.41. The minimum absolute atomic E-state index is 0.0579. The first-order valence-electron chi connectivity index (χ1n) is 8.41. The second-order valence-electron chi connectivity index (χ2n) is 5.83. The molecule has 0 aliphatic carbocycles. The fraction of sp³-hybridized carbons (Fsp3) is 0.150. The van der Waals surface area contributed by atoms with E-state index < -0.39 is 24.4 Å². The Balaban J connectivity index is 1.51. The molecule has 3 rings (SSSR count). The third-order valence-corrected chi connectivity index (χ3v) is 3.83. The van der Waals surface area contributed by atoms with Gasteiger partial charge in [0, 0.05) is 18.8 Å². The van der Waals surface area contributed by atoms with Gasteiger partial charge >= 0.3 is 5.97 Å². The molecule has 8 nitrogen and oxygen atoms in total. The maximum atomic E-state index is 12.2. The molecule has 0 bridgehead atoms. The van der Waals surface area contributed by atoms with Crippen LogP contribution in [0.15, 0.2) is 65.4 Å². The van der Waals surface area contributed by atoms with E-state index >= 15 is 0 Å². The normalized spacial score (nSPS) is 10.3. The molecule has 0 spiro atoms. The number of rotatable bonds is 7. The van der Waals surface area contributed by atoms with Crippen LogP contribution in [-0.2, 0) is 23.2 Å². The molecule has 0 fully saturated rings. The number of hydrogen-bond donors (Lipinski definition) is 1. The Morgan fingerprint density at radius 2 is 1.86 bits per heavy atom. The number of nitrogens with one attached hydrogen (secondary N) is 1. The summed E-state index contributed by atoms with van der Waals surface area (Å²) in [7, 11) is 1.68. The molecule has 3 aromatic rings. The van der Waals surface area contributed by atoms with Crippen molar-refractivity contribution in [1.29, 1.82) is 0 Å². The van der Waals surface area contributed by atoms with Gasteiger partial charge in [0.25, 0.3) is 11.8 Å². The van der Waals surface area contributed by atoms with Gasteiger partial charge in [0.15, 0.2) is 6.61 Å². The SMILES string of the molecule is Cn1cccc1C(=O)NC(=O)COC(=O)c1occc1COc1ccccc1. The Hall–Kier alpha value is -3.81. The summed E-state index contributed by atoms with van der Waals surface area (Å²) in [6.45, 7) is -0.516. The average Bonchev–Trinajstić information content (AvgIpc) is 3.34. The molecule has 2 aromatic heterocycles. The number of carbonyl (C=O) groups is 3. The predicted molar refractivity (Wildman–Crippen MR) is 97.7 cm³/mol. The van der Waals surface area contributed by atoms with Crippen molar-refractivity contribution < 1.29 is 28.3 Å². The van der Waals surface area contributed by atoms with Crippen LogP contribution in [0.2, 0.25) is 0 Å². The van der Waals surface area contributed by atoms with Crippen LogP contribution >= 0.6 is 0 Å². The zero-order chi connectivity index (χ0) is 19.9. The number of benzene rings is 1. The van der Waals surface area contributed by atoms with E-state index in [1.54, 1.807) is 48.1 Å². The monoisotopic (exact) mass is 382 g/mol. The molecule has 8 heteroatoms. The first kappa shape index (κ1) is 19.0. The van der Waals surface area contributed by atoms with Crippen molar-refractivity contribution in [2.75, 3.05) is 6.61 Å². The van der Waals surface area contributed by atoms with Crippen LogP contribution in [0.25, 0.3) is 0 Å². The molecule has 2 amide bonds. The van der Waals surface area contributed by atoms with E-state index in [4.69, 9.17) is 13.9 Å². The van der Waals surface area contributed by atoms with Gasteiger partial charge in [0.05, 0.1) is 6.26 Å². The lowest BCUT2D eigenvalue weighted by atomic mass is 10.2. The van der Waals surface area contributed by atoms with Gasteiger partial charge < -0.3 is 18.5 Å². The lowest BCUT2D eigenvalue weighted by Crippen LogP contribution is -2.35. The number of aromatic nitrogens is 1. The standard InChI is InChI=1S/C20H18N2O6/c1-22-10-5-8-16(22)19(24)21-17(23)13-28-20(25)18-14(9-11-26-18)12-27-15-6-3-2-4-7-15/h2-11H,12-13H2,1H3,(H,21,23,24). The van der Waals surface area contributed by atoms with Gasteiger partial charge in [-0.1, -0.05) is 18.2 Å². The number of ether oxygens (including phenoxy) is 2. The van der Waals surface area contributed by atoms with Crippen LogP contribution < -0.4 is 10.1 Å². The summed E-state index contributed by atoms with van der Waals surface area (Å²) in [5, 5.41) is 2.15. The van der Waals surface area contributed by atoms with Crippen molar-refractivity contribution in [1.82, 2.24) is 9.88 Å². The smallest absolute Gasteiger partial charge is 0.375 e. The number of esters is 1. The molecule has 28 heavy (non-hydrogen) atoms. The maximum Gasteiger partial charge on any atom is 0.375 e. The second kappa shape index (κ2) is 8.72. The minimum Gasteiger partial charge on any atom is -0.489 e. The first-order chi connectivity index (χ1) is 13.5. The van der Waals surface area contributed by atoms with Crippen molar-refractivity contribution in [3.63, 3.8) is 0 Å². The summed E-state index contributed by atoms with van der Waals surface area (Å²) < 4.78 is 17.2. The molecule has 0 radical (unpaired) electrons. The minimum atomic E-state index is -0.821. The van der Waals surface area contributed by atoms with Crippen molar-refractivity contribution in [3.8, 4) is 5.75 Å². The van der Waals surface area contributed by atoms with Crippen LogP contribution in [0.1, 0.15) is 26.6 Å². The van der Waals surface area contributed by atoms with Gasteiger partial charge in [0.1, 0.15) is 18.1 Å². The molecule has 1 aromatic carbocycles. The molecule has 0 unspecified atom stereocenters. The number of aryl methyl sites for hydroxylation is 1. The van der Waals surface area contributed by atoms with Gasteiger partial charge in [-0.3, -0.25) is 14.9 Å². The van der Waals surface area contributed by atoms with E-state index in [0.717, 1.165) is 0 Å². The van der Waals surface area contributed by atoms with Crippen LogP contribution in [0.3, 0.4) is 0 Å². The van der Waals surface area contributed by atoms with Crippen LogP contribution in [-0.4, -0.2) is 29.0 Å². The number of furan rings is 1. The fourth-order valence-corrected chi connectivity index (χ4v) is 2.43. The van der Waals surface area contributed by atoms with Gasteiger partial charge in [-0.05, 0) is 30.3 Å². The molecule has 0 aliphatic rings. The van der Waals surface area contributed by atoms with Crippen LogP contribution in [0, 0.1) is 0 Å². The summed E-state index contributed by atoms with van der Waals surface area (Å²) in [6.07, 6.45) is 3.01. The molecule has 0 saturated carbocycles. The number of imide groups is 1. The van der Waals surface area contributed by atoms with E-state index in [2.05, 4.69) is 5.32 Å². The summed E-state index contributed by atoms with van der Waals surface area (Å²) in [5.41, 5.74) is 0.792. The van der Waals surface area contributed by atoms with Crippen LogP contribution in [0.4, 0.5) is 0 Å². The second-order valence-corrected chi connectivity index (χ2v) is 5.83. The average molecular weight is 382 g/mol. The van der Waals surface area contributed by atoms with Gasteiger partial charge in [-0.2, -0.15) is 0 Å². The molecular formula is C20H18N2O6. The Morgan fingerprint density at radius 3 is 2.57 bits per heavy atom. The molecule has 0 aliphatic heterocycles. The van der Waals surface area contributed by atoms with E-state index in [9.17, 15) is 14.4 Å². The third-order valence-electron chi connectivity index (χ3n) is 3.83. The summed E-state index contributed by atoms with van der Waals surface area (Å²) in [6, 6.07) is 13.9. The highest BCUT2D eigenvalue weighted by molar-refractivity contribution is 6.04. The number of nitrogens with zero attached hydrogens (tertiary/aromatic N) is 1. The molecular weight excluding hydrogens is 364 g/mol. The van der Waals surface area contributed by atoms with E-state index in [1.807, 2.05) is 18.2 Å². The molecule has 144 valence electrons. The number of amides is 2. The summed E-state index contributed by atoms with van der Waals surface area (Å²) in [4.78, 5) is 36.0. The zero-order valence-corrected chi connectivity index (χ0v) is 15.1. The third kappa shape index (κ3) is 4.67. The topological polar surface area (TPSA) is 99.8 Å². The van der Waals surface area contributed by atoms with Crippen molar-refractivity contribution >= 4 is 17.8 Å². The fourth-order valence-electron chi connectivity index (χ4n) is 2.43. The molecule has 2 heterocycles. The van der Waals surface area contributed by atoms with Gasteiger partial charge in [-0.25, -0.2) is 4.79 Å². The number of hydrogen-bond acceptors (Lipinski definition) is 6. The van der Waals surface area contributed by atoms with Gasteiger partial charge in [-0.15, -0.1) is 0 Å². The molecule has 0 saturated heterocycles.